The highest BCUT2D eigenvalue weighted by molar-refractivity contribution is 7.89. The molecule has 1 aromatic carbocycles. The van der Waals surface area contributed by atoms with E-state index < -0.39 is 14.9 Å². The Kier molecular flexibility index (Phi) is 4.20. The van der Waals surface area contributed by atoms with Gasteiger partial charge in [0.2, 0.25) is 10.0 Å². The first-order chi connectivity index (χ1) is 9.77. The Morgan fingerprint density at radius 2 is 2.05 bits per heavy atom. The molecule has 0 radical (unpaired) electrons. The number of anilines is 1. The fraction of sp³-hybridized carbons (Fsp3) is 0.538. The first-order valence-electron chi connectivity index (χ1n) is 6.79. The number of hydrogen-bond donors (Lipinski definition) is 2. The van der Waals surface area contributed by atoms with Crippen LogP contribution < -0.4 is 10.0 Å². The molecule has 0 amide bonds. The van der Waals surface area contributed by atoms with Gasteiger partial charge in [-0.3, -0.25) is 10.1 Å². The zero-order chi connectivity index (χ0) is 15.7. The van der Waals surface area contributed by atoms with Crippen molar-refractivity contribution in [1.82, 2.24) is 4.72 Å². The van der Waals surface area contributed by atoms with E-state index in [0.717, 1.165) is 18.9 Å². The zero-order valence-corrected chi connectivity index (χ0v) is 12.9. The zero-order valence-electron chi connectivity index (χ0n) is 12.0. The summed E-state index contributed by atoms with van der Waals surface area (Å²) in [7, 11) is -3.72. The summed E-state index contributed by atoms with van der Waals surface area (Å²) in [4.78, 5) is 10.4. The van der Waals surface area contributed by atoms with E-state index in [9.17, 15) is 18.5 Å². The molecule has 1 aliphatic carbocycles. The molecule has 116 valence electrons. The van der Waals surface area contributed by atoms with Crippen LogP contribution in [0.5, 0.6) is 0 Å². The van der Waals surface area contributed by atoms with Crippen LogP contribution in [0.3, 0.4) is 0 Å². The van der Waals surface area contributed by atoms with Crippen LogP contribution >= 0.6 is 0 Å². The normalized spacial score (nSPS) is 16.5. The van der Waals surface area contributed by atoms with Crippen LogP contribution in [0.1, 0.15) is 26.7 Å². The average Bonchev–Trinajstić information content (AvgIpc) is 3.16. The van der Waals surface area contributed by atoms with Crippen molar-refractivity contribution < 1.29 is 13.3 Å². The van der Waals surface area contributed by atoms with Gasteiger partial charge in [-0.2, -0.15) is 0 Å². The lowest BCUT2D eigenvalue weighted by Gasteiger charge is -2.12. The molecule has 0 aliphatic heterocycles. The SMILES string of the molecule is CCNc1ccc(S(=O)(=O)NCC2(C)CC2)cc1[N+](=O)[O-]. The van der Waals surface area contributed by atoms with Crippen molar-refractivity contribution >= 4 is 21.4 Å². The van der Waals surface area contributed by atoms with Crippen LogP contribution in [0, 0.1) is 15.5 Å². The molecule has 1 aromatic rings. The third kappa shape index (κ3) is 3.70. The molecule has 0 heterocycles. The average molecular weight is 313 g/mol. The molecule has 2 N–H and O–H groups in total. The molecule has 2 rings (SSSR count). The van der Waals surface area contributed by atoms with E-state index in [-0.39, 0.29) is 16.0 Å². The second kappa shape index (κ2) is 5.61. The van der Waals surface area contributed by atoms with Gasteiger partial charge in [0.05, 0.1) is 9.82 Å². The number of rotatable bonds is 7. The number of benzene rings is 1. The van der Waals surface area contributed by atoms with Crippen LogP contribution in [0.2, 0.25) is 0 Å². The first kappa shape index (κ1) is 15.7. The lowest BCUT2D eigenvalue weighted by atomic mass is 10.2. The third-order valence-corrected chi connectivity index (χ3v) is 5.03. The maximum absolute atomic E-state index is 12.2. The molecule has 0 atom stereocenters. The molecule has 7 nitrogen and oxygen atoms in total. The quantitative estimate of drug-likeness (QED) is 0.593. The van der Waals surface area contributed by atoms with Crippen LogP contribution in [0.15, 0.2) is 23.1 Å². The molecule has 8 heteroatoms. The topological polar surface area (TPSA) is 101 Å². The molecule has 0 spiro atoms. The predicted octanol–water partition coefficient (Wildman–Crippen LogP) is 2.10. The van der Waals surface area contributed by atoms with Crippen LogP contribution in [-0.2, 0) is 10.0 Å². The summed E-state index contributed by atoms with van der Waals surface area (Å²) in [5.41, 5.74) is 0.107. The van der Waals surface area contributed by atoms with Gasteiger partial charge in [0.15, 0.2) is 0 Å². The van der Waals surface area contributed by atoms with Crippen molar-refractivity contribution in [3.8, 4) is 0 Å². The number of hydrogen-bond acceptors (Lipinski definition) is 5. The predicted molar refractivity (Wildman–Crippen MR) is 79.8 cm³/mol. The van der Waals surface area contributed by atoms with Gasteiger partial charge in [0.25, 0.3) is 5.69 Å². The van der Waals surface area contributed by atoms with E-state index in [1.54, 1.807) is 0 Å². The van der Waals surface area contributed by atoms with Gasteiger partial charge in [-0.1, -0.05) is 6.92 Å². The minimum Gasteiger partial charge on any atom is -0.380 e. The summed E-state index contributed by atoms with van der Waals surface area (Å²) in [5.74, 6) is 0. The molecule has 21 heavy (non-hydrogen) atoms. The van der Waals surface area contributed by atoms with E-state index in [1.807, 2.05) is 13.8 Å². The molecule has 0 unspecified atom stereocenters. The van der Waals surface area contributed by atoms with Crippen LogP contribution in [0.25, 0.3) is 0 Å². The Hall–Kier alpha value is -1.67. The van der Waals surface area contributed by atoms with Gasteiger partial charge in [-0.25, -0.2) is 13.1 Å². The molecule has 0 bridgehead atoms. The highest BCUT2D eigenvalue weighted by Crippen LogP contribution is 2.44. The van der Waals surface area contributed by atoms with Gasteiger partial charge in [-0.05, 0) is 37.3 Å². The van der Waals surface area contributed by atoms with Gasteiger partial charge in [0.1, 0.15) is 5.69 Å². The molecule has 0 saturated heterocycles. The summed E-state index contributed by atoms with van der Waals surface area (Å²) >= 11 is 0. The Bertz CT molecular complexity index is 653. The van der Waals surface area contributed by atoms with E-state index in [2.05, 4.69) is 10.0 Å². The van der Waals surface area contributed by atoms with Gasteiger partial charge in [-0.15, -0.1) is 0 Å². The number of nitrogens with one attached hydrogen (secondary N) is 2. The summed E-state index contributed by atoms with van der Waals surface area (Å²) in [6.45, 7) is 4.69. The molecular weight excluding hydrogens is 294 g/mol. The highest BCUT2D eigenvalue weighted by atomic mass is 32.2. The smallest absolute Gasteiger partial charge is 0.293 e. The fourth-order valence-corrected chi connectivity index (χ4v) is 3.13. The Morgan fingerprint density at radius 3 is 2.57 bits per heavy atom. The largest absolute Gasteiger partial charge is 0.380 e. The van der Waals surface area contributed by atoms with Crippen molar-refractivity contribution in [3.63, 3.8) is 0 Å². The molecule has 1 aliphatic rings. The molecule has 0 aromatic heterocycles. The maximum atomic E-state index is 12.2. The summed E-state index contributed by atoms with van der Waals surface area (Å²) in [5, 5.41) is 13.9. The van der Waals surface area contributed by atoms with Crippen LogP contribution in [-0.4, -0.2) is 26.4 Å². The van der Waals surface area contributed by atoms with Gasteiger partial charge < -0.3 is 5.32 Å². The van der Waals surface area contributed by atoms with E-state index in [4.69, 9.17) is 0 Å². The number of nitro benzene ring substituents is 1. The summed E-state index contributed by atoms with van der Waals surface area (Å²) in [6.07, 6.45) is 1.99. The number of sulfonamides is 1. The Labute approximate surface area is 123 Å². The van der Waals surface area contributed by atoms with Gasteiger partial charge >= 0.3 is 0 Å². The summed E-state index contributed by atoms with van der Waals surface area (Å²) in [6, 6.07) is 3.90. The highest BCUT2D eigenvalue weighted by Gasteiger charge is 2.38. The number of nitro groups is 1. The summed E-state index contributed by atoms with van der Waals surface area (Å²) < 4.78 is 26.9. The number of nitrogens with zero attached hydrogens (tertiary/aromatic N) is 1. The van der Waals surface area contributed by atoms with Gasteiger partial charge in [0, 0.05) is 19.2 Å². The van der Waals surface area contributed by atoms with Crippen molar-refractivity contribution in [3.05, 3.63) is 28.3 Å². The lowest BCUT2D eigenvalue weighted by Crippen LogP contribution is -2.29. The minimum absolute atomic E-state index is 0.0305. The lowest BCUT2D eigenvalue weighted by molar-refractivity contribution is -0.384. The minimum atomic E-state index is -3.72. The molecule has 1 saturated carbocycles. The second-order valence-electron chi connectivity index (χ2n) is 5.60. The van der Waals surface area contributed by atoms with Crippen molar-refractivity contribution in [2.75, 3.05) is 18.4 Å². The standard InChI is InChI=1S/C13H19N3O4S/c1-3-14-11-5-4-10(8-12(11)16(17)18)21(19,20)15-9-13(2)6-7-13/h4-5,8,14-15H,3,6-7,9H2,1-2H3. The van der Waals surface area contributed by atoms with Crippen molar-refractivity contribution in [1.29, 1.82) is 0 Å². The van der Waals surface area contributed by atoms with Crippen LogP contribution in [0.4, 0.5) is 11.4 Å². The maximum Gasteiger partial charge on any atom is 0.293 e. The monoisotopic (exact) mass is 313 g/mol. The van der Waals surface area contributed by atoms with E-state index in [1.165, 1.54) is 12.1 Å². The Balaban J connectivity index is 2.26. The van der Waals surface area contributed by atoms with E-state index in [0.29, 0.717) is 18.8 Å². The van der Waals surface area contributed by atoms with E-state index >= 15 is 0 Å². The first-order valence-corrected chi connectivity index (χ1v) is 8.28. The van der Waals surface area contributed by atoms with Crippen molar-refractivity contribution in [2.45, 2.75) is 31.6 Å². The molecular formula is C13H19N3O4S. The third-order valence-electron chi connectivity index (χ3n) is 3.64. The Morgan fingerprint density at radius 1 is 1.38 bits per heavy atom. The van der Waals surface area contributed by atoms with Crippen molar-refractivity contribution in [2.24, 2.45) is 5.41 Å². The fourth-order valence-electron chi connectivity index (χ4n) is 1.91. The molecule has 1 fully saturated rings. The second-order valence-corrected chi connectivity index (χ2v) is 7.37.